The van der Waals surface area contributed by atoms with Gasteiger partial charge in [0.05, 0.1) is 30.7 Å². The third-order valence-electron chi connectivity index (χ3n) is 3.77. The van der Waals surface area contributed by atoms with Crippen LogP contribution in [0.1, 0.15) is 35.7 Å². The second-order valence-electron chi connectivity index (χ2n) is 5.53. The molecule has 0 amide bonds. The fourth-order valence-electron chi connectivity index (χ4n) is 2.57. The molecule has 108 valence electrons. The van der Waals surface area contributed by atoms with Crippen LogP contribution in [0.3, 0.4) is 0 Å². The third-order valence-corrected chi connectivity index (χ3v) is 3.77. The summed E-state index contributed by atoms with van der Waals surface area (Å²) >= 11 is 0. The van der Waals surface area contributed by atoms with E-state index in [0.717, 1.165) is 11.3 Å². The van der Waals surface area contributed by atoms with Gasteiger partial charge in [-0.05, 0) is 30.4 Å². The molecule has 0 atom stereocenters. The van der Waals surface area contributed by atoms with Crippen LogP contribution in [0.2, 0.25) is 0 Å². The summed E-state index contributed by atoms with van der Waals surface area (Å²) in [5.74, 6) is 0.657. The molecule has 1 aliphatic rings. The Morgan fingerprint density at radius 1 is 1.24 bits per heavy atom. The van der Waals surface area contributed by atoms with Crippen LogP contribution in [0.5, 0.6) is 0 Å². The quantitative estimate of drug-likeness (QED) is 0.743. The highest BCUT2D eigenvalue weighted by Crippen LogP contribution is 2.40. The van der Waals surface area contributed by atoms with Crippen molar-refractivity contribution in [3.63, 3.8) is 0 Å². The van der Waals surface area contributed by atoms with Crippen molar-refractivity contribution in [2.45, 2.75) is 31.9 Å². The molecule has 7 heteroatoms. The van der Waals surface area contributed by atoms with Crippen molar-refractivity contribution >= 4 is 11.3 Å². The van der Waals surface area contributed by atoms with Crippen LogP contribution >= 0.6 is 0 Å². The minimum absolute atomic E-state index is 0.108. The van der Waals surface area contributed by atoms with Crippen molar-refractivity contribution in [2.24, 2.45) is 0 Å². The van der Waals surface area contributed by atoms with Gasteiger partial charge in [-0.15, -0.1) is 5.10 Å². The van der Waals surface area contributed by atoms with E-state index in [-0.39, 0.29) is 6.61 Å². The van der Waals surface area contributed by atoms with Crippen molar-refractivity contribution in [3.05, 3.63) is 41.6 Å². The molecule has 3 aromatic rings. The van der Waals surface area contributed by atoms with Gasteiger partial charge in [0.25, 0.3) is 0 Å². The van der Waals surface area contributed by atoms with E-state index >= 15 is 0 Å². The number of nitrogens with two attached hydrogens (primary N) is 1. The van der Waals surface area contributed by atoms with Gasteiger partial charge in [-0.1, -0.05) is 5.21 Å². The van der Waals surface area contributed by atoms with Crippen molar-refractivity contribution in [3.8, 4) is 0 Å². The molecule has 0 aromatic carbocycles. The van der Waals surface area contributed by atoms with Crippen molar-refractivity contribution in [1.82, 2.24) is 24.4 Å². The van der Waals surface area contributed by atoms with E-state index < -0.39 is 0 Å². The number of hydrogen-bond donors (Lipinski definition) is 2. The summed E-state index contributed by atoms with van der Waals surface area (Å²) in [7, 11) is 0. The lowest BCUT2D eigenvalue weighted by atomic mass is 10.2. The molecule has 4 rings (SSSR count). The molecule has 0 aliphatic heterocycles. The summed E-state index contributed by atoms with van der Waals surface area (Å²) in [4.78, 5) is 4.55. The molecule has 0 radical (unpaired) electrons. The van der Waals surface area contributed by atoms with Crippen LogP contribution in [-0.2, 0) is 13.2 Å². The molecule has 3 heterocycles. The smallest absolute Gasteiger partial charge is 0.160 e. The summed E-state index contributed by atoms with van der Waals surface area (Å²) in [6, 6.07) is 2.03. The van der Waals surface area contributed by atoms with Gasteiger partial charge in [-0.3, -0.25) is 0 Å². The van der Waals surface area contributed by atoms with Crippen LogP contribution < -0.4 is 5.73 Å². The number of rotatable bonds is 4. The van der Waals surface area contributed by atoms with Gasteiger partial charge in [-0.2, -0.15) is 0 Å². The van der Waals surface area contributed by atoms with Gasteiger partial charge in [0.15, 0.2) is 5.65 Å². The molecule has 0 bridgehead atoms. The second-order valence-corrected chi connectivity index (χ2v) is 5.53. The lowest BCUT2D eigenvalue weighted by Gasteiger charge is -2.02. The zero-order valence-electron chi connectivity index (χ0n) is 11.5. The molecule has 3 N–H and O–H groups in total. The van der Waals surface area contributed by atoms with Gasteiger partial charge in [-0.25, -0.2) is 9.67 Å². The molecule has 1 saturated carbocycles. The van der Waals surface area contributed by atoms with E-state index in [2.05, 4.69) is 21.5 Å². The van der Waals surface area contributed by atoms with Gasteiger partial charge in [0, 0.05) is 12.4 Å². The maximum Gasteiger partial charge on any atom is 0.160 e. The summed E-state index contributed by atoms with van der Waals surface area (Å²) in [6.45, 7) is 0.399. The predicted molar refractivity (Wildman–Crippen MR) is 76.6 cm³/mol. The van der Waals surface area contributed by atoms with Crippen LogP contribution in [0.4, 0.5) is 5.69 Å². The zero-order valence-corrected chi connectivity index (χ0v) is 11.5. The average Bonchev–Trinajstić information content (AvgIpc) is 3.09. The number of nitrogens with zero attached hydrogens (tertiary/aromatic N) is 5. The molecule has 1 aliphatic carbocycles. The number of fused-ring (bicyclic) bond motifs is 1. The molecule has 7 nitrogen and oxygen atoms in total. The standard InChI is InChI=1S/C14H16N6O/c15-13-3-10(9-1-2-9)4-19-5-11(16-14(13)19)6-20-7-12(8-21)17-18-20/h3-5,7,9,21H,1-2,6,8,15H2. The first kappa shape index (κ1) is 12.3. The van der Waals surface area contributed by atoms with Crippen molar-refractivity contribution in [2.75, 3.05) is 5.73 Å². The zero-order chi connectivity index (χ0) is 14.4. The predicted octanol–water partition coefficient (Wildman–Crippen LogP) is 0.926. The van der Waals surface area contributed by atoms with E-state index in [0.29, 0.717) is 23.8 Å². The van der Waals surface area contributed by atoms with Crippen LogP contribution in [0.15, 0.2) is 24.7 Å². The van der Waals surface area contributed by atoms with Gasteiger partial charge in [0.1, 0.15) is 5.69 Å². The van der Waals surface area contributed by atoms with Crippen molar-refractivity contribution in [1.29, 1.82) is 0 Å². The second kappa shape index (κ2) is 4.56. The van der Waals surface area contributed by atoms with E-state index in [4.69, 9.17) is 10.8 Å². The molecule has 3 aromatic heterocycles. The third kappa shape index (κ3) is 2.25. The first-order chi connectivity index (χ1) is 10.2. The molecular weight excluding hydrogens is 268 g/mol. The Balaban J connectivity index is 1.67. The summed E-state index contributed by atoms with van der Waals surface area (Å²) in [6.07, 6.45) is 8.28. The molecule has 21 heavy (non-hydrogen) atoms. The SMILES string of the molecule is Nc1cc(C2CC2)cn2cc(Cn3cc(CO)nn3)nc12. The summed E-state index contributed by atoms with van der Waals surface area (Å²) < 4.78 is 3.65. The highest BCUT2D eigenvalue weighted by molar-refractivity contribution is 5.66. The molecule has 0 unspecified atom stereocenters. The minimum atomic E-state index is -0.108. The van der Waals surface area contributed by atoms with Crippen LogP contribution in [-0.4, -0.2) is 29.5 Å². The van der Waals surface area contributed by atoms with Crippen LogP contribution in [0.25, 0.3) is 5.65 Å². The molecule has 0 spiro atoms. The molecular formula is C14H16N6O. The lowest BCUT2D eigenvalue weighted by Crippen LogP contribution is -2.00. The highest BCUT2D eigenvalue weighted by Gasteiger charge is 2.24. The number of aliphatic hydroxyl groups excluding tert-OH is 1. The monoisotopic (exact) mass is 284 g/mol. The number of nitrogen functional groups attached to an aromatic ring is 1. The van der Waals surface area contributed by atoms with Gasteiger partial charge < -0.3 is 15.2 Å². The number of pyridine rings is 1. The normalized spacial score (nSPS) is 14.9. The molecule has 1 fully saturated rings. The summed E-state index contributed by atoms with van der Waals surface area (Å²) in [5.41, 5.74) is 10.3. The van der Waals surface area contributed by atoms with E-state index in [9.17, 15) is 0 Å². The maximum absolute atomic E-state index is 9.00. The van der Waals surface area contributed by atoms with E-state index in [1.807, 2.05) is 16.7 Å². The van der Waals surface area contributed by atoms with E-state index in [1.165, 1.54) is 18.4 Å². The number of anilines is 1. The van der Waals surface area contributed by atoms with Gasteiger partial charge in [0.2, 0.25) is 0 Å². The molecule has 0 saturated heterocycles. The lowest BCUT2D eigenvalue weighted by molar-refractivity contribution is 0.276. The maximum atomic E-state index is 9.00. The van der Waals surface area contributed by atoms with Crippen molar-refractivity contribution < 1.29 is 5.11 Å². The Labute approximate surface area is 121 Å². The fourth-order valence-corrected chi connectivity index (χ4v) is 2.57. The Bertz CT molecular complexity index is 801. The fraction of sp³-hybridized carbons (Fsp3) is 0.357. The number of aliphatic hydroxyl groups is 1. The largest absolute Gasteiger partial charge is 0.396 e. The summed E-state index contributed by atoms with van der Waals surface area (Å²) in [5, 5.41) is 16.8. The Kier molecular flexibility index (Phi) is 2.68. The Hall–Kier alpha value is -2.41. The first-order valence-corrected chi connectivity index (χ1v) is 7.00. The minimum Gasteiger partial charge on any atom is -0.396 e. The highest BCUT2D eigenvalue weighted by atomic mass is 16.3. The number of aromatic nitrogens is 5. The topological polar surface area (TPSA) is 94.3 Å². The van der Waals surface area contributed by atoms with E-state index in [1.54, 1.807) is 10.9 Å². The van der Waals surface area contributed by atoms with Gasteiger partial charge >= 0.3 is 0 Å². The first-order valence-electron chi connectivity index (χ1n) is 7.00. The Morgan fingerprint density at radius 2 is 2.10 bits per heavy atom. The van der Waals surface area contributed by atoms with Crippen LogP contribution in [0, 0.1) is 0 Å². The number of imidazole rings is 1. The number of hydrogen-bond acceptors (Lipinski definition) is 5. The average molecular weight is 284 g/mol. The Morgan fingerprint density at radius 3 is 2.81 bits per heavy atom.